The van der Waals surface area contributed by atoms with Crippen molar-refractivity contribution in [1.29, 1.82) is 10.5 Å². The molecular weight excluding hydrogens is 817 g/mol. The Balaban J connectivity index is 0.945. The van der Waals surface area contributed by atoms with Crippen LogP contribution in [0.1, 0.15) is 31.8 Å². The molecule has 0 unspecified atom stereocenters. The van der Waals surface area contributed by atoms with Gasteiger partial charge in [0.15, 0.2) is 23.1 Å². The molecule has 0 spiro atoms. The summed E-state index contributed by atoms with van der Waals surface area (Å²) in [6, 6.07) is 30.6. The maximum absolute atomic E-state index is 13.7. The maximum atomic E-state index is 13.7. The highest BCUT2D eigenvalue weighted by Gasteiger charge is 2.23. The van der Waals surface area contributed by atoms with Crippen LogP contribution in [0.2, 0.25) is 0 Å². The summed E-state index contributed by atoms with van der Waals surface area (Å²) in [5.41, 5.74) is 6.71. The van der Waals surface area contributed by atoms with E-state index in [1.807, 2.05) is 6.07 Å². The third-order valence-electron chi connectivity index (χ3n) is 9.69. The first-order valence-corrected chi connectivity index (χ1v) is 19.0. The molecule has 0 aliphatic carbocycles. The second kappa shape index (κ2) is 16.9. The summed E-state index contributed by atoms with van der Waals surface area (Å²) < 4.78 is 2.55. The molecule has 4 aromatic heterocycles. The van der Waals surface area contributed by atoms with Crippen molar-refractivity contribution < 1.29 is 19.8 Å². The van der Waals surface area contributed by atoms with E-state index in [1.165, 1.54) is 52.6 Å². The van der Waals surface area contributed by atoms with Crippen LogP contribution in [0.25, 0.3) is 33.4 Å². The Kier molecular flexibility index (Phi) is 10.4. The second-order valence-electron chi connectivity index (χ2n) is 13.6. The number of rotatable bonds is 11. The van der Waals surface area contributed by atoms with Crippen molar-refractivity contribution in [3.05, 3.63) is 156 Å². The number of carbonyl (C=O) groups is 2. The third kappa shape index (κ3) is 7.51. The van der Waals surface area contributed by atoms with Gasteiger partial charge in [0.2, 0.25) is 0 Å². The fourth-order valence-electron chi connectivity index (χ4n) is 6.65. The van der Waals surface area contributed by atoms with Crippen LogP contribution in [-0.4, -0.2) is 61.5 Å². The topological polar surface area (TPSA) is 282 Å². The molecule has 9 aromatic rings. The first-order valence-electron chi connectivity index (χ1n) is 19.0. The van der Waals surface area contributed by atoms with Gasteiger partial charge in [0.05, 0.1) is 23.5 Å². The number of nitriles is 2. The molecule has 0 saturated carbocycles. The highest BCUT2D eigenvalue weighted by Crippen LogP contribution is 2.41. The largest absolute Gasteiger partial charge is 0.505 e. The summed E-state index contributed by atoms with van der Waals surface area (Å²) in [5.74, 6) is -1.63. The lowest BCUT2D eigenvalue weighted by Crippen LogP contribution is -2.17. The van der Waals surface area contributed by atoms with E-state index in [1.54, 1.807) is 91.0 Å². The van der Waals surface area contributed by atoms with Crippen molar-refractivity contribution in [3.8, 4) is 35.5 Å². The Bertz CT molecular complexity index is 3380. The van der Waals surface area contributed by atoms with E-state index >= 15 is 0 Å². The molecule has 0 aliphatic heterocycles. The molecular formula is C44H28N16O4. The van der Waals surface area contributed by atoms with Crippen molar-refractivity contribution in [3.63, 3.8) is 0 Å². The number of aromatic nitrogens is 8. The fraction of sp³-hybridized carbons (Fsp3) is 0. The first-order chi connectivity index (χ1) is 31.3. The van der Waals surface area contributed by atoms with Crippen LogP contribution in [0.4, 0.5) is 34.4 Å². The molecule has 9 rings (SSSR count). The number of phenolic OH excluding ortho intramolecular Hbond substituents is 2. The summed E-state index contributed by atoms with van der Waals surface area (Å²) in [7, 11) is 0. The van der Waals surface area contributed by atoms with Gasteiger partial charge in [-0.2, -0.15) is 30.1 Å². The first kappa shape index (κ1) is 39.4. The number of phenols is 2. The normalized spacial score (nSPS) is 11.0. The zero-order valence-corrected chi connectivity index (χ0v) is 32.8. The number of nitrogens with zero attached hydrogens (tertiary/aromatic N) is 12. The van der Waals surface area contributed by atoms with Crippen LogP contribution in [0.15, 0.2) is 144 Å². The molecule has 4 heterocycles. The van der Waals surface area contributed by atoms with Crippen LogP contribution in [0.5, 0.6) is 11.5 Å². The highest BCUT2D eigenvalue weighted by molar-refractivity contribution is 6.13. The van der Waals surface area contributed by atoms with Crippen molar-refractivity contribution in [2.24, 2.45) is 10.2 Å². The number of azo groups is 1. The number of aromatic hydroxyl groups is 2. The van der Waals surface area contributed by atoms with Gasteiger partial charge in [-0.05, 0) is 59.3 Å². The number of carbonyl (C=O) groups excluding carboxylic acids is 2. The number of nitrogens with one attached hydrogen (secondary N) is 4. The van der Waals surface area contributed by atoms with E-state index in [0.717, 1.165) is 0 Å². The maximum Gasteiger partial charge on any atom is 0.259 e. The molecule has 0 aliphatic rings. The molecule has 308 valence electrons. The van der Waals surface area contributed by atoms with E-state index in [0.29, 0.717) is 32.9 Å². The molecule has 64 heavy (non-hydrogen) atoms. The number of fused-ring (bicyclic) bond motifs is 2. The lowest BCUT2D eigenvalue weighted by atomic mass is 10.0. The van der Waals surface area contributed by atoms with E-state index in [-0.39, 0.29) is 62.9 Å². The third-order valence-corrected chi connectivity index (χ3v) is 9.69. The number of hydrogen-bond acceptors (Lipinski definition) is 16. The Morgan fingerprint density at radius 2 is 1.11 bits per heavy atom. The van der Waals surface area contributed by atoms with Crippen LogP contribution < -0.4 is 21.5 Å². The standard InChI is InChI=1S/C44H28N16O4/c45-21-27-23-51-59(43-47-15-5-16-48-43)39(27)57-55-35-31-9-3-1-7-25(31)19-33(37(35)61)41(63)53-29-11-13-30(14-12-29)54-42(64)34-20-26-8-2-4-10-32(26)36(38(34)62)56-58-40-28(22-46)24-52-60(40)44-49-17-6-18-50-44/h1-20,23-24,55,57,61-62H,(H,53,63)(H,54,64). The summed E-state index contributed by atoms with van der Waals surface area (Å²) in [5, 5.41) is 67.2. The molecule has 0 saturated heterocycles. The minimum Gasteiger partial charge on any atom is -0.505 e. The monoisotopic (exact) mass is 844 g/mol. The molecule has 0 radical (unpaired) electrons. The second-order valence-corrected chi connectivity index (χ2v) is 13.6. The summed E-state index contributed by atoms with van der Waals surface area (Å²) in [6.45, 7) is 0. The zero-order valence-electron chi connectivity index (χ0n) is 32.8. The van der Waals surface area contributed by atoms with E-state index < -0.39 is 17.6 Å². The molecule has 20 heteroatoms. The predicted molar refractivity (Wildman–Crippen MR) is 233 cm³/mol. The van der Waals surface area contributed by atoms with Gasteiger partial charge in [0, 0.05) is 46.9 Å². The lowest BCUT2D eigenvalue weighted by molar-refractivity contribution is 0.101. The minimum absolute atomic E-state index is 0.0125. The number of anilines is 4. The van der Waals surface area contributed by atoms with Crippen LogP contribution in [0, 0.1) is 22.7 Å². The molecule has 6 N–H and O–H groups in total. The smallest absolute Gasteiger partial charge is 0.259 e. The van der Waals surface area contributed by atoms with Gasteiger partial charge in [-0.3, -0.25) is 20.4 Å². The average molecular weight is 845 g/mol. The Labute approximate surface area is 360 Å². The highest BCUT2D eigenvalue weighted by atomic mass is 16.3. The van der Waals surface area contributed by atoms with Gasteiger partial charge >= 0.3 is 0 Å². The Morgan fingerprint density at radius 1 is 0.594 bits per heavy atom. The zero-order chi connectivity index (χ0) is 44.2. The SMILES string of the molecule is N#Cc1cnn(-c2ncccn2)c1N=Nc1c(O)c(C(=O)Nc2ccc(NC(=O)c3cc4ccccc4c(NNc4c(C#N)cnn4-c4ncccn4)c3O)cc2)cc2ccccc12. The van der Waals surface area contributed by atoms with Gasteiger partial charge in [0.25, 0.3) is 23.7 Å². The number of benzene rings is 5. The van der Waals surface area contributed by atoms with Crippen molar-refractivity contribution >= 4 is 67.7 Å². The average Bonchev–Trinajstić information content (AvgIpc) is 3.95. The number of hydrogen-bond donors (Lipinski definition) is 6. The molecule has 0 fully saturated rings. The van der Waals surface area contributed by atoms with Gasteiger partial charge in [-0.15, -0.1) is 10.2 Å². The molecule has 20 nitrogen and oxygen atoms in total. The summed E-state index contributed by atoms with van der Waals surface area (Å²) >= 11 is 0. The lowest BCUT2D eigenvalue weighted by Gasteiger charge is -2.17. The molecule has 2 amide bonds. The van der Waals surface area contributed by atoms with Crippen molar-refractivity contribution in [1.82, 2.24) is 39.5 Å². The summed E-state index contributed by atoms with van der Waals surface area (Å²) in [4.78, 5) is 44.2. The van der Waals surface area contributed by atoms with E-state index in [2.05, 4.69) is 67.9 Å². The van der Waals surface area contributed by atoms with Crippen molar-refractivity contribution in [2.75, 3.05) is 21.5 Å². The fourth-order valence-corrected chi connectivity index (χ4v) is 6.65. The minimum atomic E-state index is -0.673. The molecule has 5 aromatic carbocycles. The van der Waals surface area contributed by atoms with Gasteiger partial charge in [0.1, 0.15) is 34.6 Å². The summed E-state index contributed by atoms with van der Waals surface area (Å²) in [6.07, 6.45) is 8.69. The van der Waals surface area contributed by atoms with Crippen LogP contribution >= 0.6 is 0 Å². The molecule has 0 bridgehead atoms. The Hall–Kier alpha value is -10.1. The van der Waals surface area contributed by atoms with Crippen molar-refractivity contribution in [2.45, 2.75) is 0 Å². The van der Waals surface area contributed by atoms with E-state index in [4.69, 9.17) is 0 Å². The number of amides is 2. The predicted octanol–water partition coefficient (Wildman–Crippen LogP) is 7.46. The van der Waals surface area contributed by atoms with Gasteiger partial charge in [-0.25, -0.2) is 19.9 Å². The van der Waals surface area contributed by atoms with Crippen LogP contribution in [0.3, 0.4) is 0 Å². The number of hydrazine groups is 1. The molecule has 0 atom stereocenters. The Morgan fingerprint density at radius 3 is 1.72 bits per heavy atom. The van der Waals surface area contributed by atoms with Crippen LogP contribution in [-0.2, 0) is 0 Å². The quantitative estimate of drug-likeness (QED) is 0.0419. The van der Waals surface area contributed by atoms with Gasteiger partial charge in [-0.1, -0.05) is 48.5 Å². The van der Waals surface area contributed by atoms with E-state index in [9.17, 15) is 30.3 Å². The van der Waals surface area contributed by atoms with Gasteiger partial charge < -0.3 is 20.8 Å².